The van der Waals surface area contributed by atoms with Gasteiger partial charge in [-0.05, 0) is 46.5 Å². The molecule has 0 aromatic rings. The molecule has 0 heterocycles. The van der Waals surface area contributed by atoms with Crippen LogP contribution in [0, 0.1) is 5.41 Å². The largest absolute Gasteiger partial charge is 0.376 e. The molecule has 0 aliphatic heterocycles. The molecular weight excluding hydrogens is 212 g/mol. The number of hydrogen-bond donors (Lipinski definition) is 0. The highest BCUT2D eigenvalue weighted by molar-refractivity contribution is 4.75. The van der Waals surface area contributed by atoms with Crippen LogP contribution in [0.3, 0.4) is 0 Å². The van der Waals surface area contributed by atoms with Crippen LogP contribution >= 0.6 is 0 Å². The van der Waals surface area contributed by atoms with Gasteiger partial charge in [-0.25, -0.2) is 0 Å². The first kappa shape index (κ1) is 16.9. The maximum absolute atomic E-state index is 6.06. The summed E-state index contributed by atoms with van der Waals surface area (Å²) in [6.07, 6.45) is 2.61. The second-order valence-electron chi connectivity index (χ2n) is 6.77. The average Bonchev–Trinajstić information content (AvgIpc) is 2.13. The first-order valence-electron chi connectivity index (χ1n) is 6.87. The summed E-state index contributed by atoms with van der Waals surface area (Å²) >= 11 is 0. The minimum atomic E-state index is -0.110. The Morgan fingerprint density at radius 3 is 1.94 bits per heavy atom. The summed E-state index contributed by atoms with van der Waals surface area (Å²) in [5.41, 5.74) is 0.153. The maximum atomic E-state index is 6.06. The second-order valence-corrected chi connectivity index (χ2v) is 6.77. The molecule has 0 rings (SSSR count). The molecule has 0 aromatic heterocycles. The third kappa shape index (κ3) is 8.62. The van der Waals surface area contributed by atoms with Crippen molar-refractivity contribution in [2.24, 2.45) is 5.41 Å². The Morgan fingerprint density at radius 2 is 1.53 bits per heavy atom. The van der Waals surface area contributed by atoms with Gasteiger partial charge in [-0.2, -0.15) is 0 Å². The zero-order chi connectivity index (χ0) is 13.7. The molecule has 0 amide bonds. The molecule has 0 aromatic carbocycles. The lowest BCUT2D eigenvalue weighted by atomic mass is 9.91. The molecule has 0 radical (unpaired) electrons. The molecule has 0 aliphatic carbocycles. The van der Waals surface area contributed by atoms with Crippen LogP contribution < -0.4 is 0 Å². The second kappa shape index (κ2) is 6.75. The maximum Gasteiger partial charge on any atom is 0.0651 e. The summed E-state index contributed by atoms with van der Waals surface area (Å²) in [7, 11) is 0. The molecule has 0 saturated carbocycles. The van der Waals surface area contributed by atoms with Crippen molar-refractivity contribution in [3.05, 3.63) is 0 Å². The van der Waals surface area contributed by atoms with Gasteiger partial charge >= 0.3 is 0 Å². The van der Waals surface area contributed by atoms with E-state index in [2.05, 4.69) is 55.4 Å². The summed E-state index contributed by atoms with van der Waals surface area (Å²) < 4.78 is 11.8. The molecule has 1 unspecified atom stereocenters. The van der Waals surface area contributed by atoms with Gasteiger partial charge in [0.05, 0.1) is 24.4 Å². The van der Waals surface area contributed by atoms with Gasteiger partial charge in [0, 0.05) is 6.42 Å². The summed E-state index contributed by atoms with van der Waals surface area (Å²) in [4.78, 5) is 0. The zero-order valence-electron chi connectivity index (χ0n) is 13.1. The van der Waals surface area contributed by atoms with E-state index < -0.39 is 0 Å². The highest BCUT2D eigenvalue weighted by Gasteiger charge is 2.26. The number of ether oxygens (including phenoxy) is 2. The summed E-state index contributed by atoms with van der Waals surface area (Å²) in [6.45, 7) is 18.1. The fourth-order valence-corrected chi connectivity index (χ4v) is 1.76. The Morgan fingerprint density at radius 1 is 1.00 bits per heavy atom. The van der Waals surface area contributed by atoms with Crippen molar-refractivity contribution in [2.75, 3.05) is 6.61 Å². The summed E-state index contributed by atoms with van der Waals surface area (Å²) in [5.74, 6) is 0. The Hall–Kier alpha value is -0.0800. The first-order valence-corrected chi connectivity index (χ1v) is 6.87. The predicted octanol–water partition coefficient (Wildman–Crippen LogP) is 4.42. The average molecular weight is 244 g/mol. The highest BCUT2D eigenvalue weighted by Crippen LogP contribution is 2.26. The summed E-state index contributed by atoms with van der Waals surface area (Å²) in [6, 6.07) is 0. The van der Waals surface area contributed by atoms with E-state index in [1.54, 1.807) is 0 Å². The molecule has 0 bridgehead atoms. The molecule has 17 heavy (non-hydrogen) atoms. The van der Waals surface area contributed by atoms with Crippen molar-refractivity contribution in [1.29, 1.82) is 0 Å². The smallest absolute Gasteiger partial charge is 0.0651 e. The van der Waals surface area contributed by atoms with E-state index in [0.29, 0.717) is 0 Å². The van der Waals surface area contributed by atoms with Crippen molar-refractivity contribution in [3.63, 3.8) is 0 Å². The quantitative estimate of drug-likeness (QED) is 0.629. The SMILES string of the molecule is CCC(C)(C)COC(C)(C)CC(C)OC(C)C. The van der Waals surface area contributed by atoms with Crippen LogP contribution in [0.25, 0.3) is 0 Å². The van der Waals surface area contributed by atoms with Crippen molar-refractivity contribution in [3.8, 4) is 0 Å². The molecule has 0 spiro atoms. The van der Waals surface area contributed by atoms with Gasteiger partial charge in [-0.3, -0.25) is 0 Å². The molecule has 0 aliphatic rings. The molecule has 1 atom stereocenters. The van der Waals surface area contributed by atoms with Gasteiger partial charge in [-0.15, -0.1) is 0 Å². The van der Waals surface area contributed by atoms with Crippen LogP contribution in [0.2, 0.25) is 0 Å². The van der Waals surface area contributed by atoms with Crippen LogP contribution in [-0.4, -0.2) is 24.4 Å². The standard InChI is InChI=1S/C15H32O2/c1-9-14(5,6)11-16-15(7,8)10-13(4)17-12(2)3/h12-13H,9-11H2,1-8H3. The highest BCUT2D eigenvalue weighted by atomic mass is 16.5. The van der Waals surface area contributed by atoms with Gasteiger partial charge in [0.1, 0.15) is 0 Å². The Kier molecular flexibility index (Phi) is 6.71. The van der Waals surface area contributed by atoms with E-state index >= 15 is 0 Å². The fraction of sp³-hybridized carbons (Fsp3) is 1.00. The van der Waals surface area contributed by atoms with Crippen molar-refractivity contribution < 1.29 is 9.47 Å². The minimum absolute atomic E-state index is 0.110. The molecule has 0 saturated heterocycles. The third-order valence-electron chi connectivity index (χ3n) is 3.09. The van der Waals surface area contributed by atoms with E-state index in [9.17, 15) is 0 Å². The van der Waals surface area contributed by atoms with Crippen molar-refractivity contribution >= 4 is 0 Å². The van der Waals surface area contributed by atoms with Crippen LogP contribution in [0.4, 0.5) is 0 Å². The fourth-order valence-electron chi connectivity index (χ4n) is 1.76. The monoisotopic (exact) mass is 244 g/mol. The van der Waals surface area contributed by atoms with Gasteiger partial charge in [0.25, 0.3) is 0 Å². The number of rotatable bonds is 8. The van der Waals surface area contributed by atoms with Crippen molar-refractivity contribution in [1.82, 2.24) is 0 Å². The lowest BCUT2D eigenvalue weighted by Crippen LogP contribution is -2.34. The van der Waals surface area contributed by atoms with Crippen LogP contribution in [0.5, 0.6) is 0 Å². The minimum Gasteiger partial charge on any atom is -0.376 e. The molecular formula is C15H32O2. The third-order valence-corrected chi connectivity index (χ3v) is 3.09. The van der Waals surface area contributed by atoms with E-state index in [0.717, 1.165) is 19.4 Å². The lowest BCUT2D eigenvalue weighted by Gasteiger charge is -2.33. The van der Waals surface area contributed by atoms with E-state index in [4.69, 9.17) is 9.47 Å². The van der Waals surface area contributed by atoms with Crippen LogP contribution in [0.15, 0.2) is 0 Å². The normalized spacial score (nSPS) is 15.4. The van der Waals surface area contributed by atoms with Gasteiger partial charge in [-0.1, -0.05) is 20.8 Å². The molecule has 0 N–H and O–H groups in total. The van der Waals surface area contributed by atoms with Crippen LogP contribution in [-0.2, 0) is 9.47 Å². The molecule has 2 nitrogen and oxygen atoms in total. The molecule has 104 valence electrons. The zero-order valence-corrected chi connectivity index (χ0v) is 13.1. The molecule has 0 fully saturated rings. The Bertz CT molecular complexity index is 207. The predicted molar refractivity (Wildman–Crippen MR) is 74.4 cm³/mol. The van der Waals surface area contributed by atoms with E-state index in [-0.39, 0.29) is 23.2 Å². The topological polar surface area (TPSA) is 18.5 Å². The van der Waals surface area contributed by atoms with E-state index in [1.165, 1.54) is 0 Å². The lowest BCUT2D eigenvalue weighted by molar-refractivity contribution is -0.0934. The molecule has 2 heteroatoms. The summed E-state index contributed by atoms with van der Waals surface area (Å²) in [5, 5.41) is 0. The van der Waals surface area contributed by atoms with Gasteiger partial charge in [0.15, 0.2) is 0 Å². The van der Waals surface area contributed by atoms with Gasteiger partial charge in [0.2, 0.25) is 0 Å². The first-order chi connectivity index (χ1) is 7.58. The van der Waals surface area contributed by atoms with E-state index in [1.807, 2.05) is 0 Å². The van der Waals surface area contributed by atoms with Gasteiger partial charge < -0.3 is 9.47 Å². The van der Waals surface area contributed by atoms with Crippen molar-refractivity contribution in [2.45, 2.75) is 86.0 Å². The Balaban J connectivity index is 4.11. The number of hydrogen-bond acceptors (Lipinski definition) is 2. The Labute approximate surface area is 108 Å². The van der Waals surface area contributed by atoms with Crippen LogP contribution in [0.1, 0.15) is 68.2 Å².